The standard InChI is InChI=1S/C14H28O2/c1-6-14(7-2)11(15)10-12(14)16-9-8-13(3,4)5/h11-12,15H,6-10H2,1-5H3. The van der Waals surface area contributed by atoms with E-state index in [-0.39, 0.29) is 17.6 Å². The fourth-order valence-corrected chi connectivity index (χ4v) is 2.64. The Morgan fingerprint density at radius 3 is 2.19 bits per heavy atom. The van der Waals surface area contributed by atoms with Crippen molar-refractivity contribution >= 4 is 0 Å². The molecule has 0 saturated heterocycles. The van der Waals surface area contributed by atoms with E-state index in [9.17, 15) is 5.11 Å². The van der Waals surface area contributed by atoms with Gasteiger partial charge in [-0.25, -0.2) is 0 Å². The summed E-state index contributed by atoms with van der Waals surface area (Å²) < 4.78 is 5.96. The third-order valence-corrected chi connectivity index (χ3v) is 4.23. The van der Waals surface area contributed by atoms with E-state index < -0.39 is 0 Å². The number of rotatable bonds is 5. The second-order valence-electron chi connectivity index (χ2n) is 6.36. The largest absolute Gasteiger partial charge is 0.392 e. The van der Waals surface area contributed by atoms with Crippen LogP contribution in [0.1, 0.15) is 60.3 Å². The number of aliphatic hydroxyl groups excluding tert-OH is 1. The minimum atomic E-state index is -0.151. The molecule has 0 radical (unpaired) electrons. The smallest absolute Gasteiger partial charge is 0.0680 e. The molecule has 1 rings (SSSR count). The topological polar surface area (TPSA) is 29.5 Å². The van der Waals surface area contributed by atoms with E-state index >= 15 is 0 Å². The zero-order valence-corrected chi connectivity index (χ0v) is 11.5. The van der Waals surface area contributed by atoms with Gasteiger partial charge in [0, 0.05) is 18.4 Å². The maximum atomic E-state index is 9.91. The Balaban J connectivity index is 2.39. The molecule has 0 amide bonds. The molecule has 2 nitrogen and oxygen atoms in total. The van der Waals surface area contributed by atoms with E-state index in [1.807, 2.05) is 0 Å². The monoisotopic (exact) mass is 228 g/mol. The van der Waals surface area contributed by atoms with Gasteiger partial charge in [-0.05, 0) is 24.7 Å². The number of hydrogen-bond acceptors (Lipinski definition) is 2. The van der Waals surface area contributed by atoms with Crippen molar-refractivity contribution < 1.29 is 9.84 Å². The molecule has 1 N–H and O–H groups in total. The van der Waals surface area contributed by atoms with E-state index in [2.05, 4.69) is 34.6 Å². The highest BCUT2D eigenvalue weighted by atomic mass is 16.5. The van der Waals surface area contributed by atoms with Gasteiger partial charge in [0.25, 0.3) is 0 Å². The maximum absolute atomic E-state index is 9.91. The Morgan fingerprint density at radius 1 is 1.25 bits per heavy atom. The normalized spacial score (nSPS) is 28.9. The van der Waals surface area contributed by atoms with Crippen LogP contribution in [0.15, 0.2) is 0 Å². The molecule has 0 bridgehead atoms. The van der Waals surface area contributed by atoms with E-state index in [0.29, 0.717) is 5.41 Å². The number of aliphatic hydroxyl groups is 1. The fraction of sp³-hybridized carbons (Fsp3) is 1.00. The quantitative estimate of drug-likeness (QED) is 0.781. The summed E-state index contributed by atoms with van der Waals surface area (Å²) in [6.45, 7) is 11.8. The van der Waals surface area contributed by atoms with Crippen molar-refractivity contribution in [2.75, 3.05) is 6.61 Å². The van der Waals surface area contributed by atoms with Gasteiger partial charge in [0.05, 0.1) is 12.2 Å². The van der Waals surface area contributed by atoms with Crippen molar-refractivity contribution in [2.45, 2.75) is 72.5 Å². The van der Waals surface area contributed by atoms with E-state index in [4.69, 9.17) is 4.74 Å². The molecular formula is C14H28O2. The second kappa shape index (κ2) is 5.05. The predicted octanol–water partition coefficient (Wildman–Crippen LogP) is 3.38. The van der Waals surface area contributed by atoms with Crippen molar-refractivity contribution in [1.29, 1.82) is 0 Å². The Bertz CT molecular complexity index is 213. The zero-order chi connectivity index (χ0) is 12.4. The molecular weight excluding hydrogens is 200 g/mol. The molecule has 0 aliphatic heterocycles. The van der Waals surface area contributed by atoms with Crippen molar-refractivity contribution in [2.24, 2.45) is 10.8 Å². The van der Waals surface area contributed by atoms with E-state index in [0.717, 1.165) is 32.3 Å². The van der Waals surface area contributed by atoms with E-state index in [1.54, 1.807) is 0 Å². The fourth-order valence-electron chi connectivity index (χ4n) is 2.64. The first kappa shape index (κ1) is 14.0. The SMILES string of the molecule is CCC1(CC)C(O)CC1OCCC(C)(C)C. The minimum Gasteiger partial charge on any atom is -0.392 e. The van der Waals surface area contributed by atoms with Gasteiger partial charge in [-0.3, -0.25) is 0 Å². The zero-order valence-electron chi connectivity index (χ0n) is 11.5. The van der Waals surface area contributed by atoms with Crippen molar-refractivity contribution in [3.8, 4) is 0 Å². The molecule has 0 heterocycles. The summed E-state index contributed by atoms with van der Waals surface area (Å²) in [6, 6.07) is 0. The van der Waals surface area contributed by atoms with Gasteiger partial charge in [0.1, 0.15) is 0 Å². The molecule has 2 unspecified atom stereocenters. The highest BCUT2D eigenvalue weighted by molar-refractivity contribution is 5.02. The molecule has 2 atom stereocenters. The van der Waals surface area contributed by atoms with Crippen molar-refractivity contribution in [3.05, 3.63) is 0 Å². The average Bonchev–Trinajstić information content (AvgIpc) is 2.17. The molecule has 1 aliphatic rings. The molecule has 0 spiro atoms. The van der Waals surface area contributed by atoms with Crippen LogP contribution in [-0.4, -0.2) is 23.9 Å². The summed E-state index contributed by atoms with van der Waals surface area (Å²) in [4.78, 5) is 0. The Hall–Kier alpha value is -0.0800. The van der Waals surface area contributed by atoms with Gasteiger partial charge in [0.2, 0.25) is 0 Å². The summed E-state index contributed by atoms with van der Waals surface area (Å²) in [5.41, 5.74) is 0.376. The number of hydrogen-bond donors (Lipinski definition) is 1. The lowest BCUT2D eigenvalue weighted by molar-refractivity contribution is -0.197. The molecule has 1 fully saturated rings. The Morgan fingerprint density at radius 2 is 1.81 bits per heavy atom. The van der Waals surface area contributed by atoms with Gasteiger partial charge in [-0.15, -0.1) is 0 Å². The van der Waals surface area contributed by atoms with Crippen molar-refractivity contribution in [3.63, 3.8) is 0 Å². The van der Waals surface area contributed by atoms with Gasteiger partial charge in [-0.2, -0.15) is 0 Å². The lowest BCUT2D eigenvalue weighted by Crippen LogP contribution is -2.57. The minimum absolute atomic E-state index is 0.0396. The molecule has 16 heavy (non-hydrogen) atoms. The molecule has 0 aromatic rings. The summed E-state index contributed by atoms with van der Waals surface area (Å²) >= 11 is 0. The van der Waals surface area contributed by atoms with Gasteiger partial charge in [0.15, 0.2) is 0 Å². The van der Waals surface area contributed by atoms with Crippen LogP contribution in [0.3, 0.4) is 0 Å². The average molecular weight is 228 g/mol. The van der Waals surface area contributed by atoms with Gasteiger partial charge >= 0.3 is 0 Å². The van der Waals surface area contributed by atoms with E-state index in [1.165, 1.54) is 0 Å². The van der Waals surface area contributed by atoms with Gasteiger partial charge < -0.3 is 9.84 Å². The van der Waals surface area contributed by atoms with Crippen LogP contribution in [0.5, 0.6) is 0 Å². The Kier molecular flexibility index (Phi) is 4.42. The molecule has 1 aliphatic carbocycles. The highest BCUT2D eigenvalue weighted by Gasteiger charge is 2.52. The maximum Gasteiger partial charge on any atom is 0.0680 e. The lowest BCUT2D eigenvalue weighted by atomic mass is 9.60. The third kappa shape index (κ3) is 2.78. The molecule has 96 valence electrons. The Labute approximate surface area is 100 Å². The second-order valence-corrected chi connectivity index (χ2v) is 6.36. The summed E-state index contributed by atoms with van der Waals surface area (Å²) in [7, 11) is 0. The lowest BCUT2D eigenvalue weighted by Gasteiger charge is -2.53. The van der Waals surface area contributed by atoms with Crippen LogP contribution in [0.4, 0.5) is 0 Å². The summed E-state index contributed by atoms with van der Waals surface area (Å²) in [6.07, 6.45) is 4.08. The van der Waals surface area contributed by atoms with Crippen LogP contribution in [0, 0.1) is 10.8 Å². The van der Waals surface area contributed by atoms with Crippen LogP contribution in [0.2, 0.25) is 0 Å². The van der Waals surface area contributed by atoms with Crippen LogP contribution in [-0.2, 0) is 4.74 Å². The predicted molar refractivity (Wildman–Crippen MR) is 67.5 cm³/mol. The summed E-state index contributed by atoms with van der Waals surface area (Å²) in [5.74, 6) is 0. The van der Waals surface area contributed by atoms with Crippen molar-refractivity contribution in [1.82, 2.24) is 0 Å². The van der Waals surface area contributed by atoms with Crippen LogP contribution >= 0.6 is 0 Å². The first-order valence-corrected chi connectivity index (χ1v) is 6.65. The van der Waals surface area contributed by atoms with Gasteiger partial charge in [-0.1, -0.05) is 34.6 Å². The molecule has 0 aromatic heterocycles. The molecule has 2 heteroatoms. The van der Waals surface area contributed by atoms with Crippen LogP contribution < -0.4 is 0 Å². The summed E-state index contributed by atoms with van der Waals surface area (Å²) in [5, 5.41) is 9.91. The third-order valence-electron chi connectivity index (χ3n) is 4.23. The van der Waals surface area contributed by atoms with Crippen LogP contribution in [0.25, 0.3) is 0 Å². The first-order chi connectivity index (χ1) is 7.35. The highest BCUT2D eigenvalue weighted by Crippen LogP contribution is 2.48. The molecule has 0 aromatic carbocycles. The first-order valence-electron chi connectivity index (χ1n) is 6.65. The molecule has 1 saturated carbocycles. The number of ether oxygens (including phenoxy) is 1.